The van der Waals surface area contributed by atoms with Gasteiger partial charge in [0.1, 0.15) is 11.6 Å². The first-order valence-corrected chi connectivity index (χ1v) is 7.95. The largest absolute Gasteiger partial charge is 0.388 e. The summed E-state index contributed by atoms with van der Waals surface area (Å²) in [6.07, 6.45) is 4.63. The Morgan fingerprint density at radius 2 is 1.90 bits per heavy atom. The molecule has 1 saturated heterocycles. The maximum absolute atomic E-state index is 13.2. The fourth-order valence-corrected chi connectivity index (χ4v) is 3.10. The van der Waals surface area contributed by atoms with Crippen LogP contribution in [0.5, 0.6) is 0 Å². The van der Waals surface area contributed by atoms with Crippen LogP contribution in [0, 0.1) is 17.6 Å². The molecule has 1 aromatic carbocycles. The molecule has 2 rings (SSSR count). The van der Waals surface area contributed by atoms with Crippen molar-refractivity contribution in [3.8, 4) is 0 Å². The standard InChI is InChI=1S/C17H25F2NO/c1-2-13-4-3-7-20(8-5-13)9-6-17(21)14-10-15(18)12-16(19)11-14/h10-13,17,21H,2-9H2,1H3. The molecule has 0 bridgehead atoms. The van der Waals surface area contributed by atoms with E-state index in [2.05, 4.69) is 11.8 Å². The van der Waals surface area contributed by atoms with Crippen LogP contribution in [-0.2, 0) is 0 Å². The lowest BCUT2D eigenvalue weighted by molar-refractivity contribution is 0.142. The van der Waals surface area contributed by atoms with Crippen molar-refractivity contribution >= 4 is 0 Å². The van der Waals surface area contributed by atoms with Crippen LogP contribution >= 0.6 is 0 Å². The number of halogens is 2. The maximum atomic E-state index is 13.2. The van der Waals surface area contributed by atoms with Crippen molar-refractivity contribution in [3.63, 3.8) is 0 Å². The van der Waals surface area contributed by atoms with Gasteiger partial charge in [0.15, 0.2) is 0 Å². The fourth-order valence-electron chi connectivity index (χ4n) is 3.10. The van der Waals surface area contributed by atoms with E-state index in [9.17, 15) is 13.9 Å². The van der Waals surface area contributed by atoms with Gasteiger partial charge in [-0.3, -0.25) is 0 Å². The molecule has 2 unspecified atom stereocenters. The third kappa shape index (κ3) is 5.04. The van der Waals surface area contributed by atoms with Gasteiger partial charge < -0.3 is 10.0 Å². The third-order valence-electron chi connectivity index (χ3n) is 4.51. The number of nitrogens with zero attached hydrogens (tertiary/aromatic N) is 1. The highest BCUT2D eigenvalue weighted by molar-refractivity contribution is 5.20. The van der Waals surface area contributed by atoms with Gasteiger partial charge in [-0.2, -0.15) is 0 Å². The van der Waals surface area contributed by atoms with E-state index in [4.69, 9.17) is 0 Å². The zero-order chi connectivity index (χ0) is 15.2. The molecular weight excluding hydrogens is 272 g/mol. The van der Waals surface area contributed by atoms with E-state index in [1.54, 1.807) is 0 Å². The SMILES string of the molecule is CCC1CCCN(CCC(O)c2cc(F)cc(F)c2)CC1. The molecule has 4 heteroatoms. The summed E-state index contributed by atoms with van der Waals surface area (Å²) in [4.78, 5) is 2.36. The van der Waals surface area contributed by atoms with Crippen molar-refractivity contribution in [1.82, 2.24) is 4.90 Å². The molecule has 1 fully saturated rings. The van der Waals surface area contributed by atoms with Crippen LogP contribution in [0.25, 0.3) is 0 Å². The van der Waals surface area contributed by atoms with Crippen molar-refractivity contribution < 1.29 is 13.9 Å². The molecule has 1 aliphatic heterocycles. The van der Waals surface area contributed by atoms with E-state index in [-0.39, 0.29) is 0 Å². The summed E-state index contributed by atoms with van der Waals surface area (Å²) < 4.78 is 26.3. The number of aliphatic hydroxyl groups is 1. The first-order valence-electron chi connectivity index (χ1n) is 7.95. The number of likely N-dealkylation sites (tertiary alicyclic amines) is 1. The van der Waals surface area contributed by atoms with E-state index in [1.807, 2.05) is 0 Å². The quantitative estimate of drug-likeness (QED) is 0.891. The van der Waals surface area contributed by atoms with Crippen molar-refractivity contribution in [2.45, 2.75) is 45.1 Å². The van der Waals surface area contributed by atoms with Gasteiger partial charge in [0, 0.05) is 12.6 Å². The Morgan fingerprint density at radius 3 is 2.57 bits per heavy atom. The number of hydrogen-bond donors (Lipinski definition) is 1. The zero-order valence-corrected chi connectivity index (χ0v) is 12.7. The van der Waals surface area contributed by atoms with E-state index in [1.165, 1.54) is 37.8 Å². The molecule has 0 aromatic heterocycles. The van der Waals surface area contributed by atoms with Gasteiger partial charge in [0.05, 0.1) is 6.10 Å². The van der Waals surface area contributed by atoms with Crippen LogP contribution in [-0.4, -0.2) is 29.6 Å². The van der Waals surface area contributed by atoms with Crippen molar-refractivity contribution in [2.24, 2.45) is 5.92 Å². The van der Waals surface area contributed by atoms with Crippen molar-refractivity contribution in [2.75, 3.05) is 19.6 Å². The van der Waals surface area contributed by atoms with Crippen LogP contribution in [0.15, 0.2) is 18.2 Å². The number of aliphatic hydroxyl groups excluding tert-OH is 1. The molecule has 0 saturated carbocycles. The first-order chi connectivity index (χ1) is 10.1. The molecule has 118 valence electrons. The Labute approximate surface area is 125 Å². The van der Waals surface area contributed by atoms with Gasteiger partial charge in [0.2, 0.25) is 0 Å². The topological polar surface area (TPSA) is 23.5 Å². The summed E-state index contributed by atoms with van der Waals surface area (Å²) in [7, 11) is 0. The minimum absolute atomic E-state index is 0.328. The highest BCUT2D eigenvalue weighted by Gasteiger charge is 2.17. The Balaban J connectivity index is 1.84. The van der Waals surface area contributed by atoms with Crippen LogP contribution < -0.4 is 0 Å². The summed E-state index contributed by atoms with van der Waals surface area (Å²) in [5.41, 5.74) is 0.328. The first kappa shape index (κ1) is 16.4. The van der Waals surface area contributed by atoms with Crippen molar-refractivity contribution in [1.29, 1.82) is 0 Å². The zero-order valence-electron chi connectivity index (χ0n) is 12.7. The van der Waals surface area contributed by atoms with Crippen LogP contribution in [0.3, 0.4) is 0 Å². The Morgan fingerprint density at radius 1 is 1.19 bits per heavy atom. The van der Waals surface area contributed by atoms with Crippen LogP contribution in [0.4, 0.5) is 8.78 Å². The lowest BCUT2D eigenvalue weighted by Gasteiger charge is -2.22. The Kier molecular flexibility index (Phi) is 6.12. The van der Waals surface area contributed by atoms with Crippen LogP contribution in [0.2, 0.25) is 0 Å². The highest BCUT2D eigenvalue weighted by atomic mass is 19.1. The molecule has 2 nitrogen and oxygen atoms in total. The molecule has 0 spiro atoms. The van der Waals surface area contributed by atoms with E-state index in [0.717, 1.165) is 31.6 Å². The summed E-state index contributed by atoms with van der Waals surface area (Å²) in [6.45, 7) is 5.13. The van der Waals surface area contributed by atoms with Crippen LogP contribution in [0.1, 0.15) is 50.7 Å². The Bertz CT molecular complexity index is 432. The Hall–Kier alpha value is -1.00. The summed E-state index contributed by atoms with van der Waals surface area (Å²) in [5.74, 6) is -0.452. The lowest BCUT2D eigenvalue weighted by atomic mass is 9.98. The summed E-state index contributed by atoms with van der Waals surface area (Å²) in [6, 6.07) is 3.25. The lowest BCUT2D eigenvalue weighted by Crippen LogP contribution is -2.27. The second-order valence-electron chi connectivity index (χ2n) is 6.05. The normalized spacial score (nSPS) is 22.0. The van der Waals surface area contributed by atoms with E-state index >= 15 is 0 Å². The molecule has 0 aliphatic carbocycles. The maximum Gasteiger partial charge on any atom is 0.126 e. The molecule has 1 N–H and O–H groups in total. The monoisotopic (exact) mass is 297 g/mol. The fraction of sp³-hybridized carbons (Fsp3) is 0.647. The number of rotatable bonds is 5. The molecular formula is C17H25F2NO. The second kappa shape index (κ2) is 7.85. The highest BCUT2D eigenvalue weighted by Crippen LogP contribution is 2.23. The smallest absolute Gasteiger partial charge is 0.126 e. The molecule has 1 aromatic rings. The van der Waals surface area contributed by atoms with Gasteiger partial charge in [-0.25, -0.2) is 8.78 Å². The number of hydrogen-bond acceptors (Lipinski definition) is 2. The molecule has 21 heavy (non-hydrogen) atoms. The van der Waals surface area contributed by atoms with E-state index < -0.39 is 17.7 Å². The van der Waals surface area contributed by atoms with Gasteiger partial charge >= 0.3 is 0 Å². The van der Waals surface area contributed by atoms with E-state index in [0.29, 0.717) is 12.0 Å². The second-order valence-corrected chi connectivity index (χ2v) is 6.05. The molecule has 0 radical (unpaired) electrons. The molecule has 1 aliphatic rings. The molecule has 0 amide bonds. The number of benzene rings is 1. The average Bonchev–Trinajstić information content (AvgIpc) is 2.68. The molecule has 1 heterocycles. The van der Waals surface area contributed by atoms with Gasteiger partial charge in [-0.05, 0) is 62.4 Å². The summed E-state index contributed by atoms with van der Waals surface area (Å²) >= 11 is 0. The minimum atomic E-state index is -0.805. The predicted molar refractivity (Wildman–Crippen MR) is 80.0 cm³/mol. The minimum Gasteiger partial charge on any atom is -0.388 e. The van der Waals surface area contributed by atoms with Crippen molar-refractivity contribution in [3.05, 3.63) is 35.4 Å². The van der Waals surface area contributed by atoms with Gasteiger partial charge in [0.25, 0.3) is 0 Å². The van der Waals surface area contributed by atoms with Gasteiger partial charge in [-0.1, -0.05) is 13.3 Å². The average molecular weight is 297 g/mol. The third-order valence-corrected chi connectivity index (χ3v) is 4.51. The van der Waals surface area contributed by atoms with Gasteiger partial charge in [-0.15, -0.1) is 0 Å². The summed E-state index contributed by atoms with van der Waals surface area (Å²) in [5, 5.41) is 10.1. The molecule has 2 atom stereocenters. The predicted octanol–water partition coefficient (Wildman–Crippen LogP) is 3.90.